The third-order valence-electron chi connectivity index (χ3n) is 4.02. The molecule has 0 unspecified atom stereocenters. The highest BCUT2D eigenvalue weighted by Gasteiger charge is 2.13. The number of piperidine rings is 1. The van der Waals surface area contributed by atoms with Crippen molar-refractivity contribution in [3.63, 3.8) is 0 Å². The number of hydrogen-bond acceptors (Lipinski definition) is 5. The molecule has 3 N–H and O–H groups in total. The molecular formula is C16H22N4O. The van der Waals surface area contributed by atoms with Gasteiger partial charge in [0.2, 0.25) is 0 Å². The van der Waals surface area contributed by atoms with E-state index in [4.69, 9.17) is 10.5 Å². The van der Waals surface area contributed by atoms with E-state index in [0.717, 1.165) is 36.5 Å². The molecule has 112 valence electrons. The molecule has 5 nitrogen and oxygen atoms in total. The minimum absolute atomic E-state index is 0.371. The first-order chi connectivity index (χ1) is 10.3. The summed E-state index contributed by atoms with van der Waals surface area (Å²) in [5.74, 6) is 1.66. The number of rotatable bonds is 5. The lowest BCUT2D eigenvalue weighted by Crippen LogP contribution is -2.27. The number of anilines is 1. The molecule has 1 aliphatic rings. The van der Waals surface area contributed by atoms with Gasteiger partial charge in [0, 0.05) is 0 Å². The first kappa shape index (κ1) is 14.1. The first-order valence-corrected chi connectivity index (χ1v) is 7.69. The predicted molar refractivity (Wildman–Crippen MR) is 84.3 cm³/mol. The van der Waals surface area contributed by atoms with Gasteiger partial charge in [-0.15, -0.1) is 0 Å². The molecule has 5 heteroatoms. The fourth-order valence-electron chi connectivity index (χ4n) is 2.81. The van der Waals surface area contributed by atoms with Gasteiger partial charge in [0.05, 0.1) is 17.6 Å². The Balaban J connectivity index is 1.53. The molecule has 0 amide bonds. The van der Waals surface area contributed by atoms with Crippen molar-refractivity contribution >= 4 is 16.9 Å². The van der Waals surface area contributed by atoms with E-state index in [2.05, 4.69) is 15.3 Å². The molecule has 1 fully saturated rings. The summed E-state index contributed by atoms with van der Waals surface area (Å²) >= 11 is 0. The second-order valence-corrected chi connectivity index (χ2v) is 5.59. The lowest BCUT2D eigenvalue weighted by Gasteiger charge is -2.22. The van der Waals surface area contributed by atoms with Gasteiger partial charge in [-0.1, -0.05) is 12.1 Å². The highest BCUT2D eigenvalue weighted by Crippen LogP contribution is 2.22. The van der Waals surface area contributed by atoms with Gasteiger partial charge in [-0.25, -0.2) is 9.97 Å². The van der Waals surface area contributed by atoms with Gasteiger partial charge in [-0.05, 0) is 56.8 Å². The molecule has 2 heterocycles. The summed E-state index contributed by atoms with van der Waals surface area (Å²) in [6.07, 6.45) is 4.80. The molecule has 0 radical (unpaired) electrons. The SMILES string of the molecule is Nc1nc2ccccc2nc1OCCCC1CCNCC1. The van der Waals surface area contributed by atoms with Gasteiger partial charge in [0.15, 0.2) is 5.82 Å². The summed E-state index contributed by atoms with van der Waals surface area (Å²) in [4.78, 5) is 8.77. The van der Waals surface area contributed by atoms with E-state index in [1.807, 2.05) is 24.3 Å². The van der Waals surface area contributed by atoms with Gasteiger partial charge in [0.25, 0.3) is 5.88 Å². The lowest BCUT2D eigenvalue weighted by atomic mass is 9.93. The zero-order chi connectivity index (χ0) is 14.5. The van der Waals surface area contributed by atoms with Crippen LogP contribution in [0.5, 0.6) is 5.88 Å². The summed E-state index contributed by atoms with van der Waals surface area (Å²) < 4.78 is 5.72. The van der Waals surface area contributed by atoms with Crippen LogP contribution in [0.1, 0.15) is 25.7 Å². The Morgan fingerprint density at radius 2 is 1.86 bits per heavy atom. The molecule has 1 aromatic carbocycles. The molecule has 0 saturated carbocycles. The number of aromatic nitrogens is 2. The summed E-state index contributed by atoms with van der Waals surface area (Å²) in [6.45, 7) is 2.95. The molecule has 0 atom stereocenters. The molecule has 1 saturated heterocycles. The quantitative estimate of drug-likeness (QED) is 0.826. The van der Waals surface area contributed by atoms with Crippen molar-refractivity contribution < 1.29 is 4.74 Å². The molecule has 0 bridgehead atoms. The lowest BCUT2D eigenvalue weighted by molar-refractivity contribution is 0.268. The van der Waals surface area contributed by atoms with Crippen LogP contribution >= 0.6 is 0 Å². The third-order valence-corrected chi connectivity index (χ3v) is 4.02. The molecular weight excluding hydrogens is 264 g/mol. The second-order valence-electron chi connectivity index (χ2n) is 5.59. The Hall–Kier alpha value is -1.88. The number of hydrogen-bond donors (Lipinski definition) is 2. The summed E-state index contributed by atoms with van der Waals surface area (Å²) in [5, 5.41) is 3.39. The Labute approximate surface area is 124 Å². The van der Waals surface area contributed by atoms with E-state index in [0.29, 0.717) is 18.3 Å². The standard InChI is InChI=1S/C16H22N4O/c17-15-16(20-14-6-2-1-5-13(14)19-15)21-11-3-4-12-7-9-18-10-8-12/h1-2,5-6,12,18H,3-4,7-11H2,(H2,17,19). The van der Waals surface area contributed by atoms with Gasteiger partial charge < -0.3 is 15.8 Å². The Bertz CT molecular complexity index is 596. The monoisotopic (exact) mass is 286 g/mol. The third kappa shape index (κ3) is 3.61. The normalized spacial score (nSPS) is 16.2. The maximum Gasteiger partial charge on any atom is 0.257 e. The van der Waals surface area contributed by atoms with Gasteiger partial charge >= 0.3 is 0 Å². The van der Waals surface area contributed by atoms with E-state index in [-0.39, 0.29) is 0 Å². The number of nitrogens with one attached hydrogen (secondary N) is 1. The molecule has 2 aromatic rings. The average molecular weight is 286 g/mol. The summed E-state index contributed by atoms with van der Waals surface area (Å²) in [7, 11) is 0. The Kier molecular flexibility index (Phi) is 4.50. The minimum atomic E-state index is 0.371. The molecule has 1 aromatic heterocycles. The fourth-order valence-corrected chi connectivity index (χ4v) is 2.81. The van der Waals surface area contributed by atoms with E-state index >= 15 is 0 Å². The van der Waals surface area contributed by atoms with Gasteiger partial charge in [-0.3, -0.25) is 0 Å². The maximum absolute atomic E-state index is 5.90. The smallest absolute Gasteiger partial charge is 0.257 e. The number of ether oxygens (including phenoxy) is 1. The first-order valence-electron chi connectivity index (χ1n) is 7.69. The van der Waals surface area contributed by atoms with Crippen molar-refractivity contribution in [2.75, 3.05) is 25.4 Å². The molecule has 0 spiro atoms. The minimum Gasteiger partial charge on any atom is -0.475 e. The summed E-state index contributed by atoms with van der Waals surface area (Å²) in [6, 6.07) is 7.69. The Morgan fingerprint density at radius 3 is 2.62 bits per heavy atom. The largest absolute Gasteiger partial charge is 0.475 e. The van der Waals surface area contributed by atoms with Crippen molar-refractivity contribution in [2.45, 2.75) is 25.7 Å². The zero-order valence-corrected chi connectivity index (χ0v) is 12.2. The van der Waals surface area contributed by atoms with Crippen molar-refractivity contribution in [2.24, 2.45) is 5.92 Å². The van der Waals surface area contributed by atoms with Crippen LogP contribution in [0.3, 0.4) is 0 Å². The van der Waals surface area contributed by atoms with E-state index in [1.54, 1.807) is 0 Å². The number of nitrogen functional groups attached to an aromatic ring is 1. The number of nitrogens with zero attached hydrogens (tertiary/aromatic N) is 2. The number of benzene rings is 1. The molecule has 3 rings (SSSR count). The van der Waals surface area contributed by atoms with Crippen LogP contribution in [0.2, 0.25) is 0 Å². The topological polar surface area (TPSA) is 73.1 Å². The maximum atomic E-state index is 5.90. The van der Waals surface area contributed by atoms with E-state index in [1.165, 1.54) is 19.3 Å². The highest BCUT2D eigenvalue weighted by molar-refractivity contribution is 5.76. The van der Waals surface area contributed by atoms with Crippen LogP contribution in [0.25, 0.3) is 11.0 Å². The second kappa shape index (κ2) is 6.72. The number of nitrogens with two attached hydrogens (primary N) is 1. The van der Waals surface area contributed by atoms with Gasteiger partial charge in [-0.2, -0.15) is 0 Å². The van der Waals surface area contributed by atoms with Crippen molar-refractivity contribution in [3.05, 3.63) is 24.3 Å². The molecule has 1 aliphatic heterocycles. The van der Waals surface area contributed by atoms with Crippen molar-refractivity contribution in [1.82, 2.24) is 15.3 Å². The van der Waals surface area contributed by atoms with Crippen molar-refractivity contribution in [1.29, 1.82) is 0 Å². The zero-order valence-electron chi connectivity index (χ0n) is 12.2. The predicted octanol–water partition coefficient (Wildman–Crippen LogP) is 2.37. The van der Waals surface area contributed by atoms with Crippen molar-refractivity contribution in [3.8, 4) is 5.88 Å². The van der Waals surface area contributed by atoms with Crippen LogP contribution in [0, 0.1) is 5.92 Å². The highest BCUT2D eigenvalue weighted by atomic mass is 16.5. The number of para-hydroxylation sites is 2. The van der Waals surface area contributed by atoms with E-state index < -0.39 is 0 Å². The fraction of sp³-hybridized carbons (Fsp3) is 0.500. The average Bonchev–Trinajstić information content (AvgIpc) is 2.53. The van der Waals surface area contributed by atoms with Crippen LogP contribution < -0.4 is 15.8 Å². The van der Waals surface area contributed by atoms with E-state index in [9.17, 15) is 0 Å². The van der Waals surface area contributed by atoms with Crippen LogP contribution in [-0.4, -0.2) is 29.7 Å². The number of fused-ring (bicyclic) bond motifs is 1. The van der Waals surface area contributed by atoms with Crippen LogP contribution in [-0.2, 0) is 0 Å². The van der Waals surface area contributed by atoms with Gasteiger partial charge in [0.1, 0.15) is 0 Å². The Morgan fingerprint density at radius 1 is 1.14 bits per heavy atom. The molecule has 21 heavy (non-hydrogen) atoms. The molecule has 0 aliphatic carbocycles. The summed E-state index contributed by atoms with van der Waals surface area (Å²) in [5.41, 5.74) is 7.53. The van der Waals surface area contributed by atoms with Crippen LogP contribution in [0.4, 0.5) is 5.82 Å². The van der Waals surface area contributed by atoms with Crippen LogP contribution in [0.15, 0.2) is 24.3 Å².